The Hall–Kier alpha value is -1.98. The van der Waals surface area contributed by atoms with E-state index in [1.807, 2.05) is 24.3 Å². The number of nitrogens with zero attached hydrogens (tertiary/aromatic N) is 3. The molecule has 148 valence electrons. The van der Waals surface area contributed by atoms with Gasteiger partial charge in [-0.1, -0.05) is 35.2 Å². The number of thioether (sulfide) groups is 1. The predicted octanol–water partition coefficient (Wildman–Crippen LogP) is 2.95. The number of esters is 1. The van der Waals surface area contributed by atoms with Crippen molar-refractivity contribution in [2.45, 2.75) is 17.7 Å². The van der Waals surface area contributed by atoms with E-state index in [1.54, 1.807) is 11.8 Å². The molecule has 2 heterocycles. The van der Waals surface area contributed by atoms with Crippen LogP contribution in [-0.2, 0) is 19.1 Å². The van der Waals surface area contributed by atoms with E-state index >= 15 is 0 Å². The molecule has 1 saturated heterocycles. The topological polar surface area (TPSA) is 101 Å². The van der Waals surface area contributed by atoms with E-state index in [0.29, 0.717) is 22.6 Å². The van der Waals surface area contributed by atoms with Gasteiger partial charge in [-0.3, -0.25) is 14.4 Å². The highest BCUT2D eigenvalue weighted by molar-refractivity contribution is 9.10. The minimum absolute atomic E-state index is 0.102. The molecule has 0 radical (unpaired) electrons. The van der Waals surface area contributed by atoms with Crippen molar-refractivity contribution in [1.82, 2.24) is 10.2 Å². The smallest absolute Gasteiger partial charge is 0.316 e. The van der Waals surface area contributed by atoms with Gasteiger partial charge in [0.25, 0.3) is 0 Å². The summed E-state index contributed by atoms with van der Waals surface area (Å²) in [5.41, 5.74) is 0.747. The van der Waals surface area contributed by atoms with E-state index in [4.69, 9.17) is 4.74 Å². The van der Waals surface area contributed by atoms with Crippen LogP contribution in [0.5, 0.6) is 0 Å². The van der Waals surface area contributed by atoms with Crippen molar-refractivity contribution in [3.63, 3.8) is 0 Å². The van der Waals surface area contributed by atoms with Gasteiger partial charge in [0.15, 0.2) is 4.34 Å². The van der Waals surface area contributed by atoms with Gasteiger partial charge in [0, 0.05) is 17.4 Å². The quantitative estimate of drug-likeness (QED) is 0.366. The number of amides is 2. The molecule has 0 bridgehead atoms. The van der Waals surface area contributed by atoms with Crippen LogP contribution in [0.4, 0.5) is 10.8 Å². The largest absolute Gasteiger partial charge is 0.465 e. The van der Waals surface area contributed by atoms with E-state index in [2.05, 4.69) is 31.4 Å². The Balaban J connectivity index is 1.56. The molecule has 1 aromatic carbocycles. The minimum Gasteiger partial charge on any atom is -0.465 e. The summed E-state index contributed by atoms with van der Waals surface area (Å²) in [6, 6.07) is 7.40. The van der Waals surface area contributed by atoms with Crippen molar-refractivity contribution in [2.75, 3.05) is 29.1 Å². The number of halogens is 1. The number of rotatable bonds is 7. The molecule has 2 amide bonds. The van der Waals surface area contributed by atoms with E-state index in [-0.39, 0.29) is 30.0 Å². The van der Waals surface area contributed by atoms with Crippen LogP contribution in [0.1, 0.15) is 13.3 Å². The number of carbonyl (C=O) groups excluding carboxylic acids is 3. The number of carbonyl (C=O) groups is 3. The Labute approximate surface area is 178 Å². The van der Waals surface area contributed by atoms with Crippen LogP contribution in [0, 0.1) is 5.92 Å². The van der Waals surface area contributed by atoms with Gasteiger partial charge in [-0.05, 0) is 35.0 Å². The second-order valence-corrected chi connectivity index (χ2v) is 8.87. The molecule has 1 N–H and O–H groups in total. The van der Waals surface area contributed by atoms with Crippen LogP contribution in [0.25, 0.3) is 0 Å². The number of hydrogen-bond donors (Lipinski definition) is 1. The Morgan fingerprint density at radius 1 is 1.39 bits per heavy atom. The lowest BCUT2D eigenvalue weighted by atomic mass is 10.1. The van der Waals surface area contributed by atoms with Gasteiger partial charge < -0.3 is 15.0 Å². The van der Waals surface area contributed by atoms with Gasteiger partial charge in [0.05, 0.1) is 24.0 Å². The zero-order valence-corrected chi connectivity index (χ0v) is 18.1. The first-order valence-corrected chi connectivity index (χ1v) is 11.0. The molecule has 1 atom stereocenters. The number of hydrogen-bond acceptors (Lipinski definition) is 8. The summed E-state index contributed by atoms with van der Waals surface area (Å²) < 4.78 is 6.21. The third kappa shape index (κ3) is 5.09. The lowest BCUT2D eigenvalue weighted by molar-refractivity contribution is -0.139. The summed E-state index contributed by atoms with van der Waals surface area (Å²) in [6.45, 7) is 2.37. The molecule has 8 nitrogen and oxygen atoms in total. The summed E-state index contributed by atoms with van der Waals surface area (Å²) in [6.07, 6.45) is 0.135. The number of ether oxygens (including phenoxy) is 1. The third-order valence-electron chi connectivity index (χ3n) is 3.89. The van der Waals surface area contributed by atoms with Crippen molar-refractivity contribution < 1.29 is 19.1 Å². The minimum atomic E-state index is -0.473. The first kappa shape index (κ1) is 20.7. The van der Waals surface area contributed by atoms with Crippen molar-refractivity contribution in [3.8, 4) is 0 Å². The molecular weight excluding hydrogens is 468 g/mol. The number of nitrogens with one attached hydrogen (secondary N) is 1. The van der Waals surface area contributed by atoms with E-state index in [9.17, 15) is 14.4 Å². The normalized spacial score (nSPS) is 16.3. The van der Waals surface area contributed by atoms with Crippen LogP contribution in [0.3, 0.4) is 0 Å². The zero-order valence-electron chi connectivity index (χ0n) is 14.9. The Bertz CT molecular complexity index is 892. The number of anilines is 2. The molecule has 11 heteroatoms. The SMILES string of the molecule is CCOC(=O)CSc1nnc(NC(=O)C2CC(=O)N(c3ccccc3Br)C2)s1. The highest BCUT2D eigenvalue weighted by Gasteiger charge is 2.36. The lowest BCUT2D eigenvalue weighted by Gasteiger charge is -2.18. The summed E-state index contributed by atoms with van der Waals surface area (Å²) in [5.74, 6) is -1.05. The average molecular weight is 485 g/mol. The fourth-order valence-corrected chi connectivity index (χ4v) is 4.69. The number of para-hydroxylation sites is 1. The van der Waals surface area contributed by atoms with Crippen molar-refractivity contribution in [1.29, 1.82) is 0 Å². The van der Waals surface area contributed by atoms with Crippen LogP contribution in [-0.4, -0.2) is 46.9 Å². The summed E-state index contributed by atoms with van der Waals surface area (Å²) >= 11 is 5.81. The molecule has 3 rings (SSSR count). The molecule has 28 heavy (non-hydrogen) atoms. The van der Waals surface area contributed by atoms with Gasteiger partial charge in [-0.25, -0.2) is 0 Å². The maximum Gasteiger partial charge on any atom is 0.316 e. The molecule has 1 aromatic heterocycles. The Kier molecular flexibility index (Phi) is 7.03. The second-order valence-electron chi connectivity index (χ2n) is 5.81. The van der Waals surface area contributed by atoms with Crippen LogP contribution >= 0.6 is 39.0 Å². The maximum absolute atomic E-state index is 12.5. The summed E-state index contributed by atoms with van der Waals surface area (Å²) in [5, 5.41) is 10.9. The van der Waals surface area contributed by atoms with Gasteiger partial charge >= 0.3 is 5.97 Å². The monoisotopic (exact) mass is 484 g/mol. The first-order valence-electron chi connectivity index (χ1n) is 8.45. The van der Waals surface area contributed by atoms with Crippen molar-refractivity contribution in [3.05, 3.63) is 28.7 Å². The van der Waals surface area contributed by atoms with Gasteiger partial charge in [-0.2, -0.15) is 0 Å². The zero-order chi connectivity index (χ0) is 20.1. The highest BCUT2D eigenvalue weighted by Crippen LogP contribution is 2.32. The summed E-state index contributed by atoms with van der Waals surface area (Å²) in [4.78, 5) is 37.9. The van der Waals surface area contributed by atoms with E-state index < -0.39 is 5.92 Å². The van der Waals surface area contributed by atoms with Crippen molar-refractivity contribution in [2.24, 2.45) is 5.92 Å². The number of aromatic nitrogens is 2. The molecule has 0 aliphatic carbocycles. The van der Waals surface area contributed by atoms with Gasteiger partial charge in [-0.15, -0.1) is 10.2 Å². The molecule has 1 unspecified atom stereocenters. The molecule has 0 spiro atoms. The van der Waals surface area contributed by atoms with E-state index in [1.165, 1.54) is 23.1 Å². The summed E-state index contributed by atoms with van der Waals surface area (Å²) in [7, 11) is 0. The van der Waals surface area contributed by atoms with Crippen LogP contribution in [0.15, 0.2) is 33.1 Å². The van der Waals surface area contributed by atoms with Crippen molar-refractivity contribution >= 4 is 67.6 Å². The van der Waals surface area contributed by atoms with Crippen LogP contribution in [0.2, 0.25) is 0 Å². The molecule has 1 fully saturated rings. The standard InChI is InChI=1S/C17H17BrN4O4S2/c1-2-26-14(24)9-27-17-21-20-16(28-17)19-15(25)10-7-13(23)22(8-10)12-6-4-3-5-11(12)18/h3-6,10H,2,7-9H2,1H3,(H,19,20,25). The fraction of sp³-hybridized carbons (Fsp3) is 0.353. The molecule has 1 aliphatic rings. The Morgan fingerprint density at radius 3 is 2.93 bits per heavy atom. The van der Waals surface area contributed by atoms with Gasteiger partial charge in [0.1, 0.15) is 0 Å². The Morgan fingerprint density at radius 2 is 2.18 bits per heavy atom. The maximum atomic E-state index is 12.5. The molecule has 2 aromatic rings. The van der Waals surface area contributed by atoms with Crippen LogP contribution < -0.4 is 10.2 Å². The van der Waals surface area contributed by atoms with Gasteiger partial charge in [0.2, 0.25) is 16.9 Å². The second kappa shape index (κ2) is 9.48. The molecule has 1 aliphatic heterocycles. The molecule has 0 saturated carbocycles. The van der Waals surface area contributed by atoms with E-state index in [0.717, 1.165) is 10.2 Å². The highest BCUT2D eigenvalue weighted by atomic mass is 79.9. The predicted molar refractivity (Wildman–Crippen MR) is 110 cm³/mol. The molecular formula is C17H17BrN4O4S2. The number of benzene rings is 1. The fourth-order valence-electron chi connectivity index (χ4n) is 2.64. The lowest BCUT2D eigenvalue weighted by Crippen LogP contribution is -2.28. The third-order valence-corrected chi connectivity index (χ3v) is 6.51. The average Bonchev–Trinajstić information content (AvgIpc) is 3.27. The first-order chi connectivity index (χ1) is 13.5.